The molecule has 0 spiro atoms. The van der Waals surface area contributed by atoms with E-state index in [-0.39, 0.29) is 11.7 Å². The minimum absolute atomic E-state index is 0.00739. The van der Waals surface area contributed by atoms with Crippen LogP contribution in [-0.2, 0) is 4.79 Å². The smallest absolute Gasteiger partial charge is 0.227 e. The standard InChI is InChI=1S/C19H25NO3/c1-14(21)16-8-9-18-17(13-16)20(11-12-23-18)19(22)10-7-15-5-3-2-4-6-15/h8-9,13,15H,2-7,10-12H2,1H3. The zero-order chi connectivity index (χ0) is 16.2. The van der Waals surface area contributed by atoms with E-state index in [1.54, 1.807) is 30.0 Å². The first-order valence-corrected chi connectivity index (χ1v) is 8.73. The quantitative estimate of drug-likeness (QED) is 0.790. The van der Waals surface area contributed by atoms with Crippen LogP contribution >= 0.6 is 0 Å². The van der Waals surface area contributed by atoms with Crippen molar-refractivity contribution >= 4 is 17.4 Å². The van der Waals surface area contributed by atoms with Crippen LogP contribution in [0.25, 0.3) is 0 Å². The Hall–Kier alpha value is -1.84. The Labute approximate surface area is 137 Å². The Bertz CT molecular complexity index is 590. The number of amides is 1. The van der Waals surface area contributed by atoms with Gasteiger partial charge in [-0.05, 0) is 37.5 Å². The molecule has 0 radical (unpaired) electrons. The second-order valence-corrected chi connectivity index (χ2v) is 6.68. The number of Topliss-reactive ketones (excluding diaryl/α,β-unsaturated/α-hetero) is 1. The maximum Gasteiger partial charge on any atom is 0.227 e. The molecule has 1 aromatic carbocycles. The lowest BCUT2D eigenvalue weighted by Gasteiger charge is -2.30. The number of carbonyl (C=O) groups excluding carboxylic acids is 2. The van der Waals surface area contributed by atoms with Crippen LogP contribution in [-0.4, -0.2) is 24.8 Å². The van der Waals surface area contributed by atoms with E-state index >= 15 is 0 Å². The van der Waals surface area contributed by atoms with Gasteiger partial charge in [0.15, 0.2) is 5.78 Å². The average molecular weight is 315 g/mol. The molecule has 124 valence electrons. The number of ketones is 1. The predicted octanol–water partition coefficient (Wildman–Crippen LogP) is 3.98. The summed E-state index contributed by atoms with van der Waals surface area (Å²) in [6.07, 6.45) is 8.06. The van der Waals surface area contributed by atoms with Gasteiger partial charge in [0.2, 0.25) is 5.91 Å². The van der Waals surface area contributed by atoms with Crippen LogP contribution in [0.3, 0.4) is 0 Å². The van der Waals surface area contributed by atoms with Crippen LogP contribution in [0, 0.1) is 5.92 Å². The van der Waals surface area contributed by atoms with Crippen LogP contribution < -0.4 is 9.64 Å². The third-order valence-corrected chi connectivity index (χ3v) is 5.02. The van der Waals surface area contributed by atoms with Gasteiger partial charge in [-0.2, -0.15) is 0 Å². The zero-order valence-corrected chi connectivity index (χ0v) is 13.8. The molecule has 1 amide bonds. The maximum absolute atomic E-state index is 12.7. The second kappa shape index (κ2) is 7.16. The van der Waals surface area contributed by atoms with Gasteiger partial charge in [0, 0.05) is 12.0 Å². The van der Waals surface area contributed by atoms with Gasteiger partial charge < -0.3 is 9.64 Å². The summed E-state index contributed by atoms with van der Waals surface area (Å²) in [5.74, 6) is 1.57. The number of fused-ring (bicyclic) bond motifs is 1. The molecule has 1 aromatic rings. The van der Waals surface area contributed by atoms with Crippen molar-refractivity contribution in [3.05, 3.63) is 23.8 Å². The molecular weight excluding hydrogens is 290 g/mol. The molecule has 0 atom stereocenters. The molecular formula is C19H25NO3. The van der Waals surface area contributed by atoms with Crippen LogP contribution in [0.1, 0.15) is 62.2 Å². The van der Waals surface area contributed by atoms with Gasteiger partial charge in [0.05, 0.1) is 12.2 Å². The van der Waals surface area contributed by atoms with E-state index in [2.05, 4.69) is 0 Å². The second-order valence-electron chi connectivity index (χ2n) is 6.68. The monoisotopic (exact) mass is 315 g/mol. The third-order valence-electron chi connectivity index (χ3n) is 5.02. The Morgan fingerprint density at radius 3 is 2.74 bits per heavy atom. The van der Waals surface area contributed by atoms with Gasteiger partial charge in [0.25, 0.3) is 0 Å². The topological polar surface area (TPSA) is 46.6 Å². The Morgan fingerprint density at radius 1 is 1.22 bits per heavy atom. The first kappa shape index (κ1) is 16.0. The van der Waals surface area contributed by atoms with E-state index in [1.807, 2.05) is 0 Å². The molecule has 4 nitrogen and oxygen atoms in total. The van der Waals surface area contributed by atoms with E-state index in [1.165, 1.54) is 32.1 Å². The van der Waals surface area contributed by atoms with Crippen molar-refractivity contribution in [3.63, 3.8) is 0 Å². The SMILES string of the molecule is CC(=O)c1ccc2c(c1)N(C(=O)CCC1CCCCC1)CCO2. The highest BCUT2D eigenvalue weighted by Gasteiger charge is 2.25. The van der Waals surface area contributed by atoms with Gasteiger partial charge in [-0.25, -0.2) is 0 Å². The van der Waals surface area contributed by atoms with E-state index in [4.69, 9.17) is 4.74 Å². The normalized spacial score (nSPS) is 18.2. The first-order valence-electron chi connectivity index (χ1n) is 8.73. The minimum atomic E-state index is 0.00739. The summed E-state index contributed by atoms with van der Waals surface area (Å²) in [7, 11) is 0. The fourth-order valence-electron chi connectivity index (χ4n) is 3.63. The Balaban J connectivity index is 1.69. The highest BCUT2D eigenvalue weighted by Crippen LogP contribution is 2.34. The molecule has 0 saturated heterocycles. The van der Waals surface area contributed by atoms with E-state index in [9.17, 15) is 9.59 Å². The van der Waals surface area contributed by atoms with E-state index in [0.717, 1.165) is 12.1 Å². The fraction of sp³-hybridized carbons (Fsp3) is 0.579. The molecule has 0 bridgehead atoms. The molecule has 1 aliphatic carbocycles. The van der Waals surface area contributed by atoms with Crippen LogP contribution in [0.5, 0.6) is 5.75 Å². The number of anilines is 1. The molecule has 1 aliphatic heterocycles. The number of rotatable bonds is 4. The summed E-state index contributed by atoms with van der Waals surface area (Å²) in [5, 5.41) is 0. The van der Waals surface area contributed by atoms with Crippen molar-refractivity contribution in [1.82, 2.24) is 0 Å². The van der Waals surface area contributed by atoms with Crippen molar-refractivity contribution < 1.29 is 14.3 Å². The molecule has 0 unspecified atom stereocenters. The number of benzene rings is 1. The number of nitrogens with zero attached hydrogens (tertiary/aromatic N) is 1. The average Bonchev–Trinajstić information content (AvgIpc) is 2.59. The molecule has 23 heavy (non-hydrogen) atoms. The maximum atomic E-state index is 12.7. The molecule has 4 heteroatoms. The molecule has 1 saturated carbocycles. The highest BCUT2D eigenvalue weighted by atomic mass is 16.5. The third kappa shape index (κ3) is 3.74. The lowest BCUT2D eigenvalue weighted by molar-refractivity contribution is -0.119. The van der Waals surface area contributed by atoms with Crippen molar-refractivity contribution in [3.8, 4) is 5.75 Å². The Morgan fingerprint density at radius 2 is 2.00 bits per heavy atom. The molecule has 0 aromatic heterocycles. The van der Waals surface area contributed by atoms with Crippen LogP contribution in [0.4, 0.5) is 5.69 Å². The van der Waals surface area contributed by atoms with Crippen LogP contribution in [0.15, 0.2) is 18.2 Å². The molecule has 1 fully saturated rings. The van der Waals surface area contributed by atoms with Gasteiger partial charge in [0.1, 0.15) is 12.4 Å². The van der Waals surface area contributed by atoms with Gasteiger partial charge in [-0.1, -0.05) is 32.1 Å². The summed E-state index contributed by atoms with van der Waals surface area (Å²) in [4.78, 5) is 26.1. The lowest BCUT2D eigenvalue weighted by atomic mass is 9.86. The molecule has 1 heterocycles. The lowest BCUT2D eigenvalue weighted by Crippen LogP contribution is -2.38. The first-order chi connectivity index (χ1) is 11.1. The zero-order valence-electron chi connectivity index (χ0n) is 13.8. The van der Waals surface area contributed by atoms with Crippen molar-refractivity contribution in [2.45, 2.75) is 51.9 Å². The van der Waals surface area contributed by atoms with Crippen molar-refractivity contribution in [2.75, 3.05) is 18.1 Å². The summed E-state index contributed by atoms with van der Waals surface area (Å²) < 4.78 is 5.63. The molecule has 2 aliphatic rings. The number of hydrogen-bond donors (Lipinski definition) is 0. The minimum Gasteiger partial charge on any atom is -0.490 e. The summed E-state index contributed by atoms with van der Waals surface area (Å²) in [6, 6.07) is 5.35. The summed E-state index contributed by atoms with van der Waals surface area (Å²) >= 11 is 0. The fourth-order valence-corrected chi connectivity index (χ4v) is 3.63. The van der Waals surface area contributed by atoms with E-state index in [0.29, 0.717) is 36.8 Å². The summed E-state index contributed by atoms with van der Waals surface area (Å²) in [5.41, 5.74) is 1.37. The van der Waals surface area contributed by atoms with Gasteiger partial charge in [-0.15, -0.1) is 0 Å². The molecule has 3 rings (SSSR count). The van der Waals surface area contributed by atoms with Crippen molar-refractivity contribution in [2.24, 2.45) is 5.92 Å². The highest BCUT2D eigenvalue weighted by molar-refractivity contribution is 5.99. The molecule has 0 N–H and O–H groups in total. The number of ether oxygens (including phenoxy) is 1. The number of hydrogen-bond acceptors (Lipinski definition) is 3. The van der Waals surface area contributed by atoms with E-state index < -0.39 is 0 Å². The largest absolute Gasteiger partial charge is 0.490 e. The van der Waals surface area contributed by atoms with Crippen molar-refractivity contribution in [1.29, 1.82) is 0 Å². The summed E-state index contributed by atoms with van der Waals surface area (Å²) in [6.45, 7) is 2.63. The van der Waals surface area contributed by atoms with Gasteiger partial charge >= 0.3 is 0 Å². The van der Waals surface area contributed by atoms with Crippen LogP contribution in [0.2, 0.25) is 0 Å². The van der Waals surface area contributed by atoms with Gasteiger partial charge in [-0.3, -0.25) is 9.59 Å². The number of carbonyl (C=O) groups is 2. The predicted molar refractivity (Wildman–Crippen MR) is 90.1 cm³/mol. The Kier molecular flexibility index (Phi) is 4.99.